The molecule has 1 N–H and O–H groups in total. The molecule has 0 aliphatic rings. The van der Waals surface area contributed by atoms with Gasteiger partial charge in [0.2, 0.25) is 0 Å². The lowest BCUT2D eigenvalue weighted by Gasteiger charge is -2.23. The van der Waals surface area contributed by atoms with Gasteiger partial charge in [0.05, 0.1) is 6.04 Å². The van der Waals surface area contributed by atoms with Crippen LogP contribution in [0.3, 0.4) is 0 Å². The highest BCUT2D eigenvalue weighted by Crippen LogP contribution is 2.32. The molecule has 2 aromatic carbocycles. The van der Waals surface area contributed by atoms with Gasteiger partial charge in [-0.15, -0.1) is 0 Å². The van der Waals surface area contributed by atoms with Gasteiger partial charge in [-0.2, -0.15) is 0 Å². The molecule has 1 atom stereocenters. The Labute approximate surface area is 137 Å². The Morgan fingerprint density at radius 2 is 1.81 bits per heavy atom. The maximum atomic E-state index is 14.5. The third-order valence-electron chi connectivity index (χ3n) is 3.55. The monoisotopic (exact) mass is 401 g/mol. The zero-order valence-corrected chi connectivity index (χ0v) is 14.5. The molecular weight excluding hydrogens is 383 g/mol. The van der Waals surface area contributed by atoms with Crippen LogP contribution in [0.5, 0.6) is 0 Å². The Kier molecular flexibility index (Phi) is 5.32. The lowest BCUT2D eigenvalue weighted by molar-refractivity contribution is 0.505. The number of aryl methyl sites for hydroxylation is 2. The molecule has 2 aromatic rings. The fraction of sp³-hybridized carbons (Fsp3) is 0.294. The first kappa shape index (κ1) is 16.4. The van der Waals surface area contributed by atoms with Crippen molar-refractivity contribution in [2.45, 2.75) is 26.8 Å². The molecule has 4 heteroatoms. The molecule has 0 amide bonds. The van der Waals surface area contributed by atoms with Crippen LogP contribution >= 0.6 is 22.6 Å². The number of benzene rings is 2. The number of halogens is 3. The summed E-state index contributed by atoms with van der Waals surface area (Å²) in [7, 11) is 0. The van der Waals surface area contributed by atoms with Crippen molar-refractivity contribution < 1.29 is 8.78 Å². The van der Waals surface area contributed by atoms with E-state index in [0.29, 0.717) is 12.1 Å². The standard InChI is InChI=1S/C17H18F2IN/c1-4-21-17(12-7-5-6-11(3)16(12)20)14-13(18)9-8-10(2)15(14)19/h5-9,17,21H,4H2,1-3H3. The molecule has 112 valence electrons. The van der Waals surface area contributed by atoms with Crippen LogP contribution in [-0.4, -0.2) is 6.54 Å². The van der Waals surface area contributed by atoms with E-state index in [0.717, 1.165) is 14.7 Å². The van der Waals surface area contributed by atoms with Crippen LogP contribution < -0.4 is 5.32 Å². The van der Waals surface area contributed by atoms with Crippen LogP contribution in [0.1, 0.15) is 35.2 Å². The third-order valence-corrected chi connectivity index (χ3v) is 5.02. The van der Waals surface area contributed by atoms with Gasteiger partial charge in [0.25, 0.3) is 0 Å². The summed E-state index contributed by atoms with van der Waals surface area (Å²) >= 11 is 2.23. The maximum absolute atomic E-state index is 14.5. The van der Waals surface area contributed by atoms with Gasteiger partial charge in [-0.25, -0.2) is 8.78 Å². The quantitative estimate of drug-likeness (QED) is 0.720. The molecule has 0 heterocycles. The van der Waals surface area contributed by atoms with Crippen molar-refractivity contribution >= 4 is 22.6 Å². The van der Waals surface area contributed by atoms with Gasteiger partial charge in [0, 0.05) is 9.13 Å². The molecule has 1 nitrogen and oxygen atoms in total. The number of hydrogen-bond donors (Lipinski definition) is 1. The molecule has 0 bridgehead atoms. The normalized spacial score (nSPS) is 12.5. The summed E-state index contributed by atoms with van der Waals surface area (Å²) in [5.41, 5.74) is 2.56. The Balaban J connectivity index is 2.65. The molecule has 0 aliphatic heterocycles. The highest BCUT2D eigenvalue weighted by atomic mass is 127. The van der Waals surface area contributed by atoms with E-state index in [1.165, 1.54) is 12.1 Å². The van der Waals surface area contributed by atoms with Crippen molar-refractivity contribution in [3.05, 3.63) is 67.8 Å². The van der Waals surface area contributed by atoms with E-state index in [2.05, 4.69) is 27.9 Å². The SMILES string of the molecule is CCNC(c1cccc(C)c1I)c1c(F)ccc(C)c1F. The Bertz CT molecular complexity index is 655. The lowest BCUT2D eigenvalue weighted by atomic mass is 9.95. The van der Waals surface area contributed by atoms with Gasteiger partial charge < -0.3 is 5.32 Å². The summed E-state index contributed by atoms with van der Waals surface area (Å²) in [6, 6.07) is 8.16. The Morgan fingerprint density at radius 1 is 1.10 bits per heavy atom. The second-order valence-electron chi connectivity index (χ2n) is 5.06. The first-order valence-corrected chi connectivity index (χ1v) is 7.98. The van der Waals surface area contributed by atoms with E-state index in [9.17, 15) is 8.78 Å². The van der Waals surface area contributed by atoms with Crippen LogP contribution in [-0.2, 0) is 0 Å². The maximum Gasteiger partial charge on any atom is 0.134 e. The van der Waals surface area contributed by atoms with Crippen molar-refractivity contribution in [1.82, 2.24) is 5.32 Å². The Morgan fingerprint density at radius 3 is 2.48 bits per heavy atom. The van der Waals surface area contributed by atoms with Crippen LogP contribution in [0.15, 0.2) is 30.3 Å². The zero-order valence-electron chi connectivity index (χ0n) is 12.3. The summed E-state index contributed by atoms with van der Waals surface area (Å²) in [4.78, 5) is 0. The highest BCUT2D eigenvalue weighted by Gasteiger charge is 2.24. The van der Waals surface area contributed by atoms with E-state index in [1.54, 1.807) is 6.92 Å². The zero-order chi connectivity index (χ0) is 15.6. The van der Waals surface area contributed by atoms with Gasteiger partial charge in [-0.05, 0) is 65.7 Å². The van der Waals surface area contributed by atoms with Gasteiger partial charge in [0.1, 0.15) is 11.6 Å². The molecule has 2 rings (SSSR count). The molecule has 21 heavy (non-hydrogen) atoms. The average Bonchev–Trinajstić information content (AvgIpc) is 2.45. The fourth-order valence-electron chi connectivity index (χ4n) is 2.41. The predicted octanol–water partition coefficient (Wildman–Crippen LogP) is 4.89. The van der Waals surface area contributed by atoms with E-state index in [-0.39, 0.29) is 5.56 Å². The predicted molar refractivity (Wildman–Crippen MR) is 90.5 cm³/mol. The van der Waals surface area contributed by atoms with Gasteiger partial charge in [-0.1, -0.05) is 31.2 Å². The van der Waals surface area contributed by atoms with Gasteiger partial charge >= 0.3 is 0 Å². The summed E-state index contributed by atoms with van der Waals surface area (Å²) < 4.78 is 29.7. The summed E-state index contributed by atoms with van der Waals surface area (Å²) in [5, 5.41) is 3.21. The molecule has 0 radical (unpaired) electrons. The topological polar surface area (TPSA) is 12.0 Å². The Hall–Kier alpha value is -1.01. The van der Waals surface area contributed by atoms with Crippen molar-refractivity contribution in [1.29, 1.82) is 0 Å². The fourth-order valence-corrected chi connectivity index (χ4v) is 3.08. The van der Waals surface area contributed by atoms with Crippen LogP contribution in [0.2, 0.25) is 0 Å². The van der Waals surface area contributed by atoms with Crippen molar-refractivity contribution in [2.75, 3.05) is 6.54 Å². The molecule has 0 fully saturated rings. The van der Waals surface area contributed by atoms with E-state index < -0.39 is 17.7 Å². The third kappa shape index (κ3) is 3.26. The molecule has 0 aliphatic carbocycles. The average molecular weight is 401 g/mol. The molecule has 0 aromatic heterocycles. The second kappa shape index (κ2) is 6.83. The largest absolute Gasteiger partial charge is 0.306 e. The van der Waals surface area contributed by atoms with Gasteiger partial charge in [0.15, 0.2) is 0 Å². The van der Waals surface area contributed by atoms with Crippen molar-refractivity contribution in [2.24, 2.45) is 0 Å². The lowest BCUT2D eigenvalue weighted by Crippen LogP contribution is -2.25. The molecule has 0 saturated carbocycles. The first-order valence-electron chi connectivity index (χ1n) is 6.90. The minimum Gasteiger partial charge on any atom is -0.306 e. The summed E-state index contributed by atoms with van der Waals surface area (Å²) in [6.45, 7) is 6.21. The number of rotatable bonds is 4. The first-order chi connectivity index (χ1) is 9.97. The number of nitrogens with one attached hydrogen (secondary N) is 1. The molecule has 0 spiro atoms. The highest BCUT2D eigenvalue weighted by molar-refractivity contribution is 14.1. The minimum atomic E-state index is -0.513. The van der Waals surface area contributed by atoms with Crippen molar-refractivity contribution in [3.63, 3.8) is 0 Å². The molecule has 1 unspecified atom stereocenters. The summed E-state index contributed by atoms with van der Waals surface area (Å²) in [5.74, 6) is -0.986. The summed E-state index contributed by atoms with van der Waals surface area (Å²) in [6.07, 6.45) is 0. The van der Waals surface area contributed by atoms with E-state index in [1.807, 2.05) is 32.0 Å². The second-order valence-corrected chi connectivity index (χ2v) is 6.14. The molecule has 0 saturated heterocycles. The van der Waals surface area contributed by atoms with Crippen LogP contribution in [0, 0.1) is 29.1 Å². The van der Waals surface area contributed by atoms with Crippen LogP contribution in [0.4, 0.5) is 8.78 Å². The smallest absolute Gasteiger partial charge is 0.134 e. The van der Waals surface area contributed by atoms with E-state index >= 15 is 0 Å². The van der Waals surface area contributed by atoms with Gasteiger partial charge in [-0.3, -0.25) is 0 Å². The van der Waals surface area contributed by atoms with Crippen molar-refractivity contribution in [3.8, 4) is 0 Å². The molecular formula is C17H18F2IN. The van der Waals surface area contributed by atoms with Crippen LogP contribution in [0.25, 0.3) is 0 Å². The number of hydrogen-bond acceptors (Lipinski definition) is 1. The minimum absolute atomic E-state index is 0.0976. The van der Waals surface area contributed by atoms with E-state index in [4.69, 9.17) is 0 Å².